The van der Waals surface area contributed by atoms with Gasteiger partial charge < -0.3 is 18.4 Å². The van der Waals surface area contributed by atoms with E-state index in [1.54, 1.807) is 14.2 Å². The summed E-state index contributed by atoms with van der Waals surface area (Å²) in [4.78, 5) is 0. The van der Waals surface area contributed by atoms with Crippen molar-refractivity contribution in [2.75, 3.05) is 34.0 Å². The van der Waals surface area contributed by atoms with Crippen molar-refractivity contribution in [3.05, 3.63) is 0 Å². The van der Waals surface area contributed by atoms with Gasteiger partial charge in [0.05, 0.1) is 6.61 Å². The van der Waals surface area contributed by atoms with Gasteiger partial charge in [0.25, 0.3) is 0 Å². The molecule has 7 heteroatoms. The van der Waals surface area contributed by atoms with Gasteiger partial charge in [0.2, 0.25) is 0 Å². The lowest BCUT2D eigenvalue weighted by Gasteiger charge is -2.43. The monoisotopic (exact) mass is 351 g/mol. The lowest BCUT2D eigenvalue weighted by molar-refractivity contribution is -0.0876. The molecule has 0 bridgehead atoms. The molecule has 0 saturated carbocycles. The molecule has 0 spiro atoms. The second-order valence-corrected chi connectivity index (χ2v) is 19.7. The van der Waals surface area contributed by atoms with Gasteiger partial charge in [-0.05, 0) is 12.1 Å². The van der Waals surface area contributed by atoms with E-state index in [2.05, 4.69) is 43.5 Å². The Bertz CT molecular complexity index is 249. The van der Waals surface area contributed by atoms with Crippen molar-refractivity contribution in [2.45, 2.75) is 57.7 Å². The molecule has 0 unspecified atom stereocenters. The standard InChI is InChI=1S/C14H37NO3Si3/c1-16-14(17-2)13-19-12-11-18-10-9-15(20(3,4)5)21(6,7)8/h14H,9-13,19H2,1-8H3. The van der Waals surface area contributed by atoms with Crippen molar-refractivity contribution >= 4 is 26.0 Å². The molecule has 0 aliphatic heterocycles. The van der Waals surface area contributed by atoms with Crippen molar-refractivity contribution in [1.29, 1.82) is 0 Å². The second-order valence-electron chi connectivity index (χ2n) is 7.50. The van der Waals surface area contributed by atoms with Crippen molar-refractivity contribution < 1.29 is 14.2 Å². The molecular weight excluding hydrogens is 314 g/mol. The highest BCUT2D eigenvalue weighted by Crippen LogP contribution is 2.18. The average molecular weight is 352 g/mol. The van der Waals surface area contributed by atoms with Gasteiger partial charge in [-0.2, -0.15) is 0 Å². The summed E-state index contributed by atoms with van der Waals surface area (Å²) in [5, 5.41) is 0. The summed E-state index contributed by atoms with van der Waals surface area (Å²) in [5.74, 6) is 0. The Morgan fingerprint density at radius 2 is 1.43 bits per heavy atom. The minimum absolute atomic E-state index is 0.00839. The molecule has 0 amide bonds. The molecule has 0 radical (unpaired) electrons. The maximum atomic E-state index is 5.86. The molecule has 0 N–H and O–H groups in total. The fraction of sp³-hybridized carbons (Fsp3) is 1.00. The predicted octanol–water partition coefficient (Wildman–Crippen LogP) is 2.60. The lowest BCUT2D eigenvalue weighted by atomic mass is 10.7. The normalized spacial score (nSPS) is 14.0. The van der Waals surface area contributed by atoms with Crippen molar-refractivity contribution in [3.63, 3.8) is 0 Å². The van der Waals surface area contributed by atoms with Gasteiger partial charge >= 0.3 is 0 Å². The van der Waals surface area contributed by atoms with Crippen molar-refractivity contribution in [1.82, 2.24) is 4.23 Å². The number of ether oxygens (including phenoxy) is 3. The van der Waals surface area contributed by atoms with Crippen LogP contribution in [0.4, 0.5) is 0 Å². The molecule has 0 aromatic carbocycles. The van der Waals surface area contributed by atoms with Crippen molar-refractivity contribution in [3.8, 4) is 0 Å². The Kier molecular flexibility index (Phi) is 10.5. The van der Waals surface area contributed by atoms with Crippen LogP contribution in [0.25, 0.3) is 0 Å². The van der Waals surface area contributed by atoms with Gasteiger partial charge in [0.1, 0.15) is 16.5 Å². The van der Waals surface area contributed by atoms with Gasteiger partial charge in [-0.1, -0.05) is 39.3 Å². The van der Waals surface area contributed by atoms with E-state index in [0.29, 0.717) is 0 Å². The van der Waals surface area contributed by atoms with Crippen LogP contribution < -0.4 is 0 Å². The lowest BCUT2D eigenvalue weighted by Crippen LogP contribution is -2.59. The Hall–Kier alpha value is 0.491. The molecular formula is C14H37NO3Si3. The first-order valence-electron chi connectivity index (χ1n) is 8.04. The first kappa shape index (κ1) is 21.5. The van der Waals surface area contributed by atoms with E-state index in [9.17, 15) is 0 Å². The van der Waals surface area contributed by atoms with E-state index in [0.717, 1.165) is 25.8 Å². The minimum atomic E-state index is -1.23. The number of rotatable bonds is 12. The predicted molar refractivity (Wildman–Crippen MR) is 100 cm³/mol. The first-order valence-corrected chi connectivity index (χ1v) is 16.9. The molecule has 0 aliphatic carbocycles. The summed E-state index contributed by atoms with van der Waals surface area (Å²) in [7, 11) is 0.823. The zero-order chi connectivity index (χ0) is 16.5. The molecule has 0 fully saturated rings. The first-order chi connectivity index (χ1) is 9.62. The molecule has 0 aromatic heterocycles. The molecule has 0 aromatic rings. The summed E-state index contributed by atoms with van der Waals surface area (Å²) >= 11 is 0. The smallest absolute Gasteiger partial charge is 0.153 e. The molecule has 0 heterocycles. The maximum absolute atomic E-state index is 5.86. The molecule has 0 rings (SSSR count). The topological polar surface area (TPSA) is 30.9 Å². The molecule has 21 heavy (non-hydrogen) atoms. The van der Waals surface area contributed by atoms with E-state index in [-0.39, 0.29) is 15.8 Å². The Labute approximate surface area is 136 Å². The molecule has 0 saturated heterocycles. The highest BCUT2D eigenvalue weighted by Gasteiger charge is 2.33. The van der Waals surface area contributed by atoms with E-state index >= 15 is 0 Å². The molecule has 4 nitrogen and oxygen atoms in total. The number of hydrogen-bond acceptors (Lipinski definition) is 4. The summed E-state index contributed by atoms with van der Waals surface area (Å²) in [6.45, 7) is 17.5. The van der Waals surface area contributed by atoms with Gasteiger partial charge in [-0.25, -0.2) is 0 Å². The van der Waals surface area contributed by atoms with Gasteiger partial charge in [-0.15, -0.1) is 0 Å². The summed E-state index contributed by atoms with van der Waals surface area (Å²) in [6.07, 6.45) is -0.00839. The van der Waals surface area contributed by atoms with Crippen LogP contribution in [0.1, 0.15) is 0 Å². The van der Waals surface area contributed by atoms with E-state index < -0.39 is 16.5 Å². The van der Waals surface area contributed by atoms with Gasteiger partial charge in [-0.3, -0.25) is 0 Å². The quantitative estimate of drug-likeness (QED) is 0.307. The second kappa shape index (κ2) is 10.3. The largest absolute Gasteiger partial charge is 0.380 e. The third-order valence-electron chi connectivity index (χ3n) is 3.58. The fourth-order valence-corrected chi connectivity index (χ4v) is 13.9. The summed E-state index contributed by atoms with van der Waals surface area (Å²) < 4.78 is 19.1. The van der Waals surface area contributed by atoms with E-state index in [1.165, 1.54) is 6.04 Å². The van der Waals surface area contributed by atoms with Gasteiger partial charge in [0.15, 0.2) is 6.29 Å². The van der Waals surface area contributed by atoms with Crippen LogP contribution in [0.15, 0.2) is 0 Å². The maximum Gasteiger partial charge on any atom is 0.153 e. The van der Waals surface area contributed by atoms with E-state index in [1.807, 2.05) is 0 Å². The van der Waals surface area contributed by atoms with Crippen LogP contribution in [0, 0.1) is 0 Å². The third-order valence-corrected chi connectivity index (χ3v) is 13.0. The highest BCUT2D eigenvalue weighted by atomic mass is 28.4. The van der Waals surface area contributed by atoms with Gasteiger partial charge in [0, 0.05) is 36.9 Å². The van der Waals surface area contributed by atoms with Crippen LogP contribution in [-0.4, -0.2) is 70.5 Å². The van der Waals surface area contributed by atoms with Crippen LogP contribution in [0.2, 0.25) is 51.4 Å². The molecule has 0 atom stereocenters. The third kappa shape index (κ3) is 9.98. The number of nitrogens with zero attached hydrogens (tertiary/aromatic N) is 1. The number of methoxy groups -OCH3 is 2. The minimum Gasteiger partial charge on any atom is -0.380 e. The summed E-state index contributed by atoms with van der Waals surface area (Å²) in [6, 6.07) is 2.29. The SMILES string of the molecule is COC(C[SiH2]CCOCCN([Si](C)(C)C)[Si](C)(C)C)OC. The van der Waals surface area contributed by atoms with Crippen LogP contribution in [0.5, 0.6) is 0 Å². The Balaban J connectivity index is 3.83. The Morgan fingerprint density at radius 1 is 0.905 bits per heavy atom. The molecule has 128 valence electrons. The summed E-state index contributed by atoms with van der Waals surface area (Å²) in [5.41, 5.74) is 0. The van der Waals surface area contributed by atoms with Crippen LogP contribution in [-0.2, 0) is 14.2 Å². The zero-order valence-electron chi connectivity index (χ0n) is 15.5. The average Bonchev–Trinajstić information content (AvgIpc) is 2.34. The number of hydrogen-bond donors (Lipinski definition) is 0. The van der Waals surface area contributed by atoms with E-state index in [4.69, 9.17) is 14.2 Å². The molecule has 0 aliphatic rings. The van der Waals surface area contributed by atoms with Crippen molar-refractivity contribution in [2.24, 2.45) is 0 Å². The fourth-order valence-electron chi connectivity index (χ4n) is 2.78. The zero-order valence-corrected chi connectivity index (χ0v) is 18.9. The Morgan fingerprint density at radius 3 is 1.86 bits per heavy atom. The highest BCUT2D eigenvalue weighted by molar-refractivity contribution is 6.89. The van der Waals surface area contributed by atoms with Crippen LogP contribution in [0.3, 0.4) is 0 Å². The van der Waals surface area contributed by atoms with Crippen LogP contribution >= 0.6 is 0 Å².